The molecule has 0 aliphatic rings. The van der Waals surface area contributed by atoms with Crippen LogP contribution in [0.4, 0.5) is 0 Å². The molecule has 0 aliphatic carbocycles. The second kappa shape index (κ2) is 12.5. The van der Waals surface area contributed by atoms with Crippen LogP contribution in [0.2, 0.25) is 0 Å². The maximum absolute atomic E-state index is 12.0. The van der Waals surface area contributed by atoms with Crippen molar-refractivity contribution >= 4 is 29.5 Å². The predicted molar refractivity (Wildman–Crippen MR) is 111 cm³/mol. The van der Waals surface area contributed by atoms with Gasteiger partial charge < -0.3 is 20.1 Å². The SMILES string of the molecule is COc1ccc(C(=O)NCC(=O)OCC(=O)NCCCSc2ccccc2)cc1. The number of rotatable bonds is 11. The van der Waals surface area contributed by atoms with E-state index in [0.717, 1.165) is 12.2 Å². The third-order valence-electron chi connectivity index (χ3n) is 3.76. The Kier molecular flexibility index (Phi) is 9.57. The number of amides is 2. The fourth-order valence-electron chi connectivity index (χ4n) is 2.25. The molecular weight excluding hydrogens is 392 g/mol. The lowest BCUT2D eigenvalue weighted by molar-refractivity contribution is -0.147. The quantitative estimate of drug-likeness (QED) is 0.332. The predicted octanol–water partition coefficient (Wildman–Crippen LogP) is 2.27. The molecule has 7 nitrogen and oxygen atoms in total. The number of hydrogen-bond donors (Lipinski definition) is 2. The van der Waals surface area contributed by atoms with Gasteiger partial charge in [0.25, 0.3) is 11.8 Å². The fourth-order valence-corrected chi connectivity index (χ4v) is 3.13. The Morgan fingerprint density at radius 2 is 1.69 bits per heavy atom. The minimum Gasteiger partial charge on any atom is -0.497 e. The van der Waals surface area contributed by atoms with Gasteiger partial charge in [0.05, 0.1) is 7.11 Å². The van der Waals surface area contributed by atoms with E-state index in [0.29, 0.717) is 17.9 Å². The summed E-state index contributed by atoms with van der Waals surface area (Å²) in [5.74, 6) is 0.0448. The zero-order chi connectivity index (χ0) is 20.9. The first kappa shape index (κ1) is 22.3. The normalized spacial score (nSPS) is 10.1. The van der Waals surface area contributed by atoms with Crippen LogP contribution in [-0.4, -0.2) is 50.3 Å². The zero-order valence-electron chi connectivity index (χ0n) is 16.2. The molecule has 0 aliphatic heterocycles. The van der Waals surface area contributed by atoms with Gasteiger partial charge in [-0.25, -0.2) is 0 Å². The number of benzene rings is 2. The summed E-state index contributed by atoms with van der Waals surface area (Å²) in [7, 11) is 1.53. The molecule has 0 fully saturated rings. The first-order chi connectivity index (χ1) is 14.1. The van der Waals surface area contributed by atoms with Gasteiger partial charge in [-0.05, 0) is 48.6 Å². The van der Waals surface area contributed by atoms with Crippen molar-refractivity contribution in [3.63, 3.8) is 0 Å². The number of ether oxygens (including phenoxy) is 2. The number of nitrogens with one attached hydrogen (secondary N) is 2. The molecular formula is C21H24N2O5S. The van der Waals surface area contributed by atoms with Crippen molar-refractivity contribution in [1.82, 2.24) is 10.6 Å². The lowest BCUT2D eigenvalue weighted by Gasteiger charge is -2.08. The third-order valence-corrected chi connectivity index (χ3v) is 4.86. The van der Waals surface area contributed by atoms with Crippen LogP contribution in [0, 0.1) is 0 Å². The van der Waals surface area contributed by atoms with E-state index in [1.807, 2.05) is 30.3 Å². The molecule has 0 heterocycles. The average molecular weight is 416 g/mol. The summed E-state index contributed by atoms with van der Waals surface area (Å²) < 4.78 is 9.88. The molecule has 2 aromatic rings. The van der Waals surface area contributed by atoms with E-state index < -0.39 is 11.9 Å². The van der Waals surface area contributed by atoms with Crippen molar-refractivity contribution in [2.24, 2.45) is 0 Å². The van der Waals surface area contributed by atoms with E-state index in [1.54, 1.807) is 36.0 Å². The molecule has 0 atom stereocenters. The van der Waals surface area contributed by atoms with Crippen LogP contribution in [0.3, 0.4) is 0 Å². The molecule has 0 spiro atoms. The Labute approximate surface area is 174 Å². The van der Waals surface area contributed by atoms with Crippen LogP contribution >= 0.6 is 11.8 Å². The second-order valence-electron chi connectivity index (χ2n) is 5.94. The summed E-state index contributed by atoms with van der Waals surface area (Å²) in [5.41, 5.74) is 0.393. The number of carbonyl (C=O) groups excluding carboxylic acids is 3. The highest BCUT2D eigenvalue weighted by Gasteiger charge is 2.11. The zero-order valence-corrected chi connectivity index (χ0v) is 17.0. The Balaban J connectivity index is 1.54. The van der Waals surface area contributed by atoms with Crippen molar-refractivity contribution in [2.45, 2.75) is 11.3 Å². The Bertz CT molecular complexity index is 796. The summed E-state index contributed by atoms with van der Waals surface area (Å²) in [4.78, 5) is 36.5. The first-order valence-corrected chi connectivity index (χ1v) is 10.1. The smallest absolute Gasteiger partial charge is 0.325 e. The highest BCUT2D eigenvalue weighted by molar-refractivity contribution is 7.99. The molecule has 2 N–H and O–H groups in total. The second-order valence-corrected chi connectivity index (χ2v) is 7.11. The molecule has 8 heteroatoms. The van der Waals surface area contributed by atoms with Crippen molar-refractivity contribution in [3.8, 4) is 5.75 Å². The molecule has 29 heavy (non-hydrogen) atoms. The third kappa shape index (κ3) is 8.69. The Morgan fingerprint density at radius 3 is 2.38 bits per heavy atom. The van der Waals surface area contributed by atoms with Crippen molar-refractivity contribution in [3.05, 3.63) is 60.2 Å². The molecule has 0 unspecified atom stereocenters. The molecule has 0 radical (unpaired) electrons. The molecule has 2 aromatic carbocycles. The lowest BCUT2D eigenvalue weighted by atomic mass is 10.2. The Morgan fingerprint density at radius 1 is 0.966 bits per heavy atom. The summed E-state index contributed by atoms with van der Waals surface area (Å²) >= 11 is 1.72. The molecule has 0 aromatic heterocycles. The van der Waals surface area contributed by atoms with Crippen LogP contribution in [0.25, 0.3) is 0 Å². The van der Waals surface area contributed by atoms with Crippen molar-refractivity contribution < 1.29 is 23.9 Å². The highest BCUT2D eigenvalue weighted by Crippen LogP contribution is 2.17. The van der Waals surface area contributed by atoms with Gasteiger partial charge in [-0.3, -0.25) is 14.4 Å². The van der Waals surface area contributed by atoms with E-state index in [4.69, 9.17) is 9.47 Å². The van der Waals surface area contributed by atoms with Crippen LogP contribution < -0.4 is 15.4 Å². The lowest BCUT2D eigenvalue weighted by Crippen LogP contribution is -2.34. The van der Waals surface area contributed by atoms with Gasteiger partial charge in [0.2, 0.25) is 0 Å². The number of methoxy groups -OCH3 is 1. The number of hydrogen-bond acceptors (Lipinski definition) is 6. The van der Waals surface area contributed by atoms with Crippen molar-refractivity contribution in [1.29, 1.82) is 0 Å². The minimum atomic E-state index is -0.679. The molecule has 154 valence electrons. The standard InChI is InChI=1S/C21H24N2O5S/c1-27-17-10-8-16(9-11-17)21(26)23-14-20(25)28-15-19(24)22-12-5-13-29-18-6-3-2-4-7-18/h2-4,6-11H,5,12-15H2,1H3,(H,22,24)(H,23,26). The molecule has 2 rings (SSSR count). The van der Waals surface area contributed by atoms with Gasteiger partial charge in [0.15, 0.2) is 6.61 Å². The largest absolute Gasteiger partial charge is 0.497 e. The number of esters is 1. The van der Waals surface area contributed by atoms with Crippen molar-refractivity contribution in [2.75, 3.05) is 32.6 Å². The maximum atomic E-state index is 12.0. The van der Waals surface area contributed by atoms with E-state index >= 15 is 0 Å². The van der Waals surface area contributed by atoms with Gasteiger partial charge in [-0.2, -0.15) is 0 Å². The first-order valence-electron chi connectivity index (χ1n) is 9.11. The van der Waals surface area contributed by atoms with Crippen LogP contribution in [0.1, 0.15) is 16.8 Å². The number of carbonyl (C=O) groups is 3. The molecule has 2 amide bonds. The van der Waals surface area contributed by atoms with E-state index in [9.17, 15) is 14.4 Å². The van der Waals surface area contributed by atoms with Gasteiger partial charge in [0, 0.05) is 17.0 Å². The minimum absolute atomic E-state index is 0.314. The maximum Gasteiger partial charge on any atom is 0.325 e. The van der Waals surface area contributed by atoms with E-state index in [1.165, 1.54) is 12.0 Å². The van der Waals surface area contributed by atoms with Crippen LogP contribution in [0.5, 0.6) is 5.75 Å². The van der Waals surface area contributed by atoms with Crippen LogP contribution in [-0.2, 0) is 14.3 Å². The van der Waals surface area contributed by atoms with Gasteiger partial charge in [-0.1, -0.05) is 18.2 Å². The average Bonchev–Trinajstić information content (AvgIpc) is 2.76. The summed E-state index contributed by atoms with van der Waals surface area (Å²) in [5, 5.41) is 5.14. The van der Waals surface area contributed by atoms with E-state index in [2.05, 4.69) is 10.6 Å². The Hall–Kier alpha value is -3.00. The monoisotopic (exact) mass is 416 g/mol. The molecule has 0 bridgehead atoms. The highest BCUT2D eigenvalue weighted by atomic mass is 32.2. The van der Waals surface area contributed by atoms with Gasteiger partial charge in [-0.15, -0.1) is 11.8 Å². The molecule has 0 saturated carbocycles. The van der Waals surface area contributed by atoms with E-state index in [-0.39, 0.29) is 19.1 Å². The fraction of sp³-hybridized carbons (Fsp3) is 0.286. The van der Waals surface area contributed by atoms with Crippen LogP contribution in [0.15, 0.2) is 59.5 Å². The molecule has 0 saturated heterocycles. The summed E-state index contributed by atoms with van der Waals surface area (Å²) in [6.07, 6.45) is 0.803. The summed E-state index contributed by atoms with van der Waals surface area (Å²) in [6, 6.07) is 16.5. The topological polar surface area (TPSA) is 93.7 Å². The number of thioether (sulfide) groups is 1. The van der Waals surface area contributed by atoms with Gasteiger partial charge in [0.1, 0.15) is 12.3 Å². The summed E-state index contributed by atoms with van der Waals surface area (Å²) in [6.45, 7) is -0.181. The van der Waals surface area contributed by atoms with Gasteiger partial charge >= 0.3 is 5.97 Å².